The van der Waals surface area contributed by atoms with Gasteiger partial charge in [-0.15, -0.1) is 0 Å². The Balaban J connectivity index is 1.89. The molecule has 1 fully saturated rings. The van der Waals surface area contributed by atoms with E-state index in [1.807, 2.05) is 18.0 Å². The summed E-state index contributed by atoms with van der Waals surface area (Å²) in [6.07, 6.45) is 1.56. The van der Waals surface area contributed by atoms with Crippen LogP contribution in [0.2, 0.25) is 0 Å². The summed E-state index contributed by atoms with van der Waals surface area (Å²) in [6, 6.07) is 5.01. The highest BCUT2D eigenvalue weighted by Gasteiger charge is 2.34. The average molecular weight is 293 g/mol. The number of aryl methyl sites for hydroxylation is 1. The molecule has 1 N–H and O–H groups in total. The van der Waals surface area contributed by atoms with Gasteiger partial charge in [-0.25, -0.2) is 8.78 Å². The first-order chi connectivity index (χ1) is 10.0. The Morgan fingerprint density at radius 1 is 1.33 bits per heavy atom. The van der Waals surface area contributed by atoms with Gasteiger partial charge in [0.25, 0.3) is 0 Å². The van der Waals surface area contributed by atoms with Crippen molar-refractivity contribution < 1.29 is 13.9 Å². The van der Waals surface area contributed by atoms with E-state index in [1.54, 1.807) is 10.9 Å². The Kier molecular flexibility index (Phi) is 3.73. The Morgan fingerprint density at radius 2 is 2.14 bits per heavy atom. The van der Waals surface area contributed by atoms with Gasteiger partial charge < -0.3 is 5.11 Å². The number of nitrogens with zero attached hydrogens (tertiary/aromatic N) is 3. The molecule has 0 aliphatic carbocycles. The highest BCUT2D eigenvalue weighted by molar-refractivity contribution is 5.24. The molecule has 1 saturated heterocycles. The van der Waals surface area contributed by atoms with Crippen molar-refractivity contribution in [2.75, 3.05) is 6.54 Å². The molecule has 1 aliphatic heterocycles. The van der Waals surface area contributed by atoms with E-state index < -0.39 is 17.7 Å². The van der Waals surface area contributed by atoms with E-state index in [9.17, 15) is 13.9 Å². The Morgan fingerprint density at radius 3 is 2.86 bits per heavy atom. The summed E-state index contributed by atoms with van der Waals surface area (Å²) < 4.78 is 29.1. The normalized spacial score (nSPS) is 22.9. The topological polar surface area (TPSA) is 41.3 Å². The van der Waals surface area contributed by atoms with Crippen molar-refractivity contribution in [3.8, 4) is 0 Å². The number of rotatable bonds is 3. The summed E-state index contributed by atoms with van der Waals surface area (Å²) in [4.78, 5) is 1.96. The third kappa shape index (κ3) is 2.82. The third-order valence-corrected chi connectivity index (χ3v) is 3.99. The lowest BCUT2D eigenvalue weighted by Gasteiger charge is -2.24. The minimum Gasteiger partial charge on any atom is -0.392 e. The smallest absolute Gasteiger partial charge is 0.128 e. The van der Waals surface area contributed by atoms with Gasteiger partial charge in [0.05, 0.1) is 11.8 Å². The zero-order chi connectivity index (χ0) is 15.0. The fraction of sp³-hybridized carbons (Fsp3) is 0.400. The van der Waals surface area contributed by atoms with Gasteiger partial charge in [0.2, 0.25) is 0 Å². The standard InChI is InChI=1S/C15H17F2N3O/c1-19-11(4-5-18-19)8-20-9-12(21)7-15(20)13-6-10(16)2-3-14(13)17/h2-6,12,15,21H,7-9H2,1H3. The molecule has 2 atom stereocenters. The number of hydrogen-bond donors (Lipinski definition) is 1. The molecule has 0 amide bonds. The maximum atomic E-state index is 14.0. The summed E-state index contributed by atoms with van der Waals surface area (Å²) >= 11 is 0. The molecule has 1 aromatic carbocycles. The highest BCUT2D eigenvalue weighted by Crippen LogP contribution is 2.35. The molecule has 112 valence electrons. The van der Waals surface area contributed by atoms with E-state index in [0.717, 1.165) is 17.8 Å². The third-order valence-electron chi connectivity index (χ3n) is 3.99. The maximum absolute atomic E-state index is 14.0. The average Bonchev–Trinajstić information content (AvgIpc) is 3.00. The molecule has 1 aromatic heterocycles. The van der Waals surface area contributed by atoms with Crippen molar-refractivity contribution >= 4 is 0 Å². The second kappa shape index (κ2) is 5.54. The van der Waals surface area contributed by atoms with E-state index >= 15 is 0 Å². The van der Waals surface area contributed by atoms with Crippen molar-refractivity contribution in [1.82, 2.24) is 14.7 Å². The lowest BCUT2D eigenvalue weighted by molar-refractivity contribution is 0.171. The zero-order valence-corrected chi connectivity index (χ0v) is 11.7. The van der Waals surface area contributed by atoms with Gasteiger partial charge in [-0.3, -0.25) is 9.58 Å². The molecular formula is C15H17F2N3O. The number of aliphatic hydroxyl groups excluding tert-OH is 1. The molecule has 1 aliphatic rings. The zero-order valence-electron chi connectivity index (χ0n) is 11.7. The number of hydrogen-bond acceptors (Lipinski definition) is 3. The predicted octanol–water partition coefficient (Wildman–Crippen LogP) is 2.01. The van der Waals surface area contributed by atoms with Gasteiger partial charge in [0.1, 0.15) is 11.6 Å². The summed E-state index contributed by atoms with van der Waals surface area (Å²) in [6.45, 7) is 0.972. The quantitative estimate of drug-likeness (QED) is 0.941. The monoisotopic (exact) mass is 293 g/mol. The molecule has 2 heterocycles. The van der Waals surface area contributed by atoms with Crippen LogP contribution < -0.4 is 0 Å². The lowest BCUT2D eigenvalue weighted by Crippen LogP contribution is -2.26. The Labute approximate surface area is 121 Å². The first kappa shape index (κ1) is 14.2. The van der Waals surface area contributed by atoms with Crippen LogP contribution in [0, 0.1) is 11.6 Å². The largest absolute Gasteiger partial charge is 0.392 e. The van der Waals surface area contributed by atoms with Crippen LogP contribution in [-0.4, -0.2) is 32.4 Å². The Bertz CT molecular complexity index is 644. The van der Waals surface area contributed by atoms with E-state index in [4.69, 9.17) is 0 Å². The van der Waals surface area contributed by atoms with Gasteiger partial charge in [-0.1, -0.05) is 0 Å². The predicted molar refractivity (Wildman–Crippen MR) is 73.3 cm³/mol. The van der Waals surface area contributed by atoms with E-state index in [1.165, 1.54) is 6.07 Å². The van der Waals surface area contributed by atoms with Crippen LogP contribution in [0.5, 0.6) is 0 Å². The lowest BCUT2D eigenvalue weighted by atomic mass is 10.0. The van der Waals surface area contributed by atoms with E-state index in [2.05, 4.69) is 5.10 Å². The van der Waals surface area contributed by atoms with Crippen molar-refractivity contribution in [2.24, 2.45) is 7.05 Å². The van der Waals surface area contributed by atoms with Crippen LogP contribution >= 0.6 is 0 Å². The number of halogens is 2. The second-order valence-corrected chi connectivity index (χ2v) is 5.45. The maximum Gasteiger partial charge on any atom is 0.128 e. The van der Waals surface area contributed by atoms with Crippen molar-refractivity contribution in [1.29, 1.82) is 0 Å². The molecule has 0 radical (unpaired) electrons. The van der Waals surface area contributed by atoms with Gasteiger partial charge in [-0.2, -0.15) is 5.10 Å². The first-order valence-electron chi connectivity index (χ1n) is 6.88. The summed E-state index contributed by atoms with van der Waals surface area (Å²) in [5, 5.41) is 14.0. The molecule has 0 spiro atoms. The van der Waals surface area contributed by atoms with Crippen molar-refractivity contribution in [2.45, 2.75) is 25.1 Å². The van der Waals surface area contributed by atoms with Gasteiger partial charge >= 0.3 is 0 Å². The number of likely N-dealkylation sites (tertiary alicyclic amines) is 1. The summed E-state index contributed by atoms with van der Waals surface area (Å²) in [5.74, 6) is -0.904. The van der Waals surface area contributed by atoms with Crippen LogP contribution in [0.4, 0.5) is 8.78 Å². The number of aliphatic hydroxyl groups is 1. The number of benzene rings is 1. The molecule has 2 aromatic rings. The molecule has 0 bridgehead atoms. The van der Waals surface area contributed by atoms with E-state index in [0.29, 0.717) is 25.1 Å². The first-order valence-corrected chi connectivity index (χ1v) is 6.88. The van der Waals surface area contributed by atoms with Gasteiger partial charge in [0.15, 0.2) is 0 Å². The minimum absolute atomic E-state index is 0.300. The van der Waals surface area contributed by atoms with Crippen LogP contribution in [0.3, 0.4) is 0 Å². The van der Waals surface area contributed by atoms with Gasteiger partial charge in [0, 0.05) is 37.9 Å². The van der Waals surface area contributed by atoms with Gasteiger partial charge in [-0.05, 0) is 30.7 Å². The summed E-state index contributed by atoms with van der Waals surface area (Å²) in [7, 11) is 1.83. The molecule has 3 rings (SSSR count). The van der Waals surface area contributed by atoms with E-state index in [-0.39, 0.29) is 6.04 Å². The molecular weight excluding hydrogens is 276 g/mol. The number of β-amino-alcohol motifs (C(OH)–C–C–N with tert-alkyl or cyclic N) is 1. The van der Waals surface area contributed by atoms with Crippen LogP contribution in [0.15, 0.2) is 30.5 Å². The molecule has 4 nitrogen and oxygen atoms in total. The fourth-order valence-electron chi connectivity index (χ4n) is 2.91. The molecule has 21 heavy (non-hydrogen) atoms. The van der Waals surface area contributed by atoms with Crippen molar-refractivity contribution in [3.05, 3.63) is 53.4 Å². The second-order valence-electron chi connectivity index (χ2n) is 5.45. The Hall–Kier alpha value is -1.79. The highest BCUT2D eigenvalue weighted by atomic mass is 19.1. The minimum atomic E-state index is -0.536. The van der Waals surface area contributed by atoms with Crippen molar-refractivity contribution in [3.63, 3.8) is 0 Å². The van der Waals surface area contributed by atoms with Crippen LogP contribution in [0.25, 0.3) is 0 Å². The summed E-state index contributed by atoms with van der Waals surface area (Å²) in [5.41, 5.74) is 1.26. The molecule has 0 saturated carbocycles. The SMILES string of the molecule is Cn1nccc1CN1CC(O)CC1c1cc(F)ccc1F. The number of aromatic nitrogens is 2. The fourth-order valence-corrected chi connectivity index (χ4v) is 2.91. The molecule has 2 unspecified atom stereocenters. The van der Waals surface area contributed by atoms with Crippen LogP contribution in [-0.2, 0) is 13.6 Å². The molecule has 6 heteroatoms. The van der Waals surface area contributed by atoms with Crippen LogP contribution in [0.1, 0.15) is 23.7 Å².